The number of carbonyl (C=O) groups excluding carboxylic acids is 1. The highest BCUT2D eigenvalue weighted by atomic mass is 32.1. The maximum absolute atomic E-state index is 12.7. The van der Waals surface area contributed by atoms with Crippen LogP contribution in [0.3, 0.4) is 0 Å². The Labute approximate surface area is 156 Å². The molecule has 136 valence electrons. The maximum Gasteiger partial charge on any atom is 0.261 e. The predicted molar refractivity (Wildman–Crippen MR) is 100 cm³/mol. The van der Waals surface area contributed by atoms with Crippen LogP contribution in [0.15, 0.2) is 64.8 Å². The van der Waals surface area contributed by atoms with Crippen LogP contribution < -0.4 is 9.47 Å². The molecule has 26 heavy (non-hydrogen) atoms. The van der Waals surface area contributed by atoms with Crippen molar-refractivity contribution in [3.8, 4) is 11.5 Å². The summed E-state index contributed by atoms with van der Waals surface area (Å²) in [7, 11) is 0. The Balaban J connectivity index is 1.60. The van der Waals surface area contributed by atoms with Crippen molar-refractivity contribution < 1.29 is 18.7 Å². The molecule has 0 aliphatic heterocycles. The molecule has 0 aliphatic carbocycles. The number of rotatable bonds is 9. The number of benzene rings is 1. The molecule has 1 aromatic carbocycles. The predicted octanol–water partition coefficient (Wildman–Crippen LogP) is 4.35. The standard InChI is InChI=1S/C20H21NO4S/c1-2-24-17-5-7-18(8-6-17)25-15-20(22)21(12-16-9-10-23-14-16)13-19-4-3-11-26-19/h3-11,14H,2,12-13,15H2,1H3. The van der Waals surface area contributed by atoms with Crippen LogP contribution in [0, 0.1) is 0 Å². The number of amides is 1. The van der Waals surface area contributed by atoms with Gasteiger partial charge in [0.1, 0.15) is 11.5 Å². The van der Waals surface area contributed by atoms with Crippen molar-refractivity contribution in [3.63, 3.8) is 0 Å². The smallest absolute Gasteiger partial charge is 0.261 e. The lowest BCUT2D eigenvalue weighted by atomic mass is 10.3. The average molecular weight is 371 g/mol. The molecule has 0 radical (unpaired) electrons. The van der Waals surface area contributed by atoms with Gasteiger partial charge in [-0.1, -0.05) is 6.07 Å². The molecule has 0 bridgehead atoms. The number of nitrogens with zero attached hydrogens (tertiary/aromatic N) is 1. The fourth-order valence-corrected chi connectivity index (χ4v) is 3.18. The van der Waals surface area contributed by atoms with Gasteiger partial charge in [-0.25, -0.2) is 0 Å². The first-order valence-electron chi connectivity index (χ1n) is 8.41. The molecule has 0 unspecified atom stereocenters. The number of thiophene rings is 1. The van der Waals surface area contributed by atoms with Gasteiger partial charge in [0.2, 0.25) is 0 Å². The maximum atomic E-state index is 12.7. The minimum Gasteiger partial charge on any atom is -0.494 e. The summed E-state index contributed by atoms with van der Waals surface area (Å²) in [5.74, 6) is 1.35. The monoisotopic (exact) mass is 371 g/mol. The first kappa shape index (κ1) is 18.1. The van der Waals surface area contributed by atoms with E-state index in [4.69, 9.17) is 13.9 Å². The third-order valence-corrected chi connectivity index (χ3v) is 4.59. The summed E-state index contributed by atoms with van der Waals surface area (Å²) >= 11 is 1.63. The Morgan fingerprint density at radius 3 is 2.46 bits per heavy atom. The third-order valence-electron chi connectivity index (χ3n) is 3.73. The van der Waals surface area contributed by atoms with E-state index in [-0.39, 0.29) is 12.5 Å². The fraction of sp³-hybridized carbons (Fsp3) is 0.250. The van der Waals surface area contributed by atoms with E-state index in [0.717, 1.165) is 16.2 Å². The van der Waals surface area contributed by atoms with Crippen LogP contribution in [0.2, 0.25) is 0 Å². The van der Waals surface area contributed by atoms with Crippen LogP contribution in [0.25, 0.3) is 0 Å². The van der Waals surface area contributed by atoms with Gasteiger partial charge in [-0.3, -0.25) is 4.79 Å². The Morgan fingerprint density at radius 2 is 1.85 bits per heavy atom. The lowest BCUT2D eigenvalue weighted by Crippen LogP contribution is -2.33. The largest absolute Gasteiger partial charge is 0.494 e. The number of carbonyl (C=O) groups is 1. The molecule has 0 atom stereocenters. The molecule has 0 saturated heterocycles. The molecule has 2 heterocycles. The van der Waals surface area contributed by atoms with Crippen molar-refractivity contribution in [2.45, 2.75) is 20.0 Å². The minimum atomic E-state index is -0.0755. The number of hydrogen-bond acceptors (Lipinski definition) is 5. The topological polar surface area (TPSA) is 51.9 Å². The van der Waals surface area contributed by atoms with E-state index < -0.39 is 0 Å². The van der Waals surface area contributed by atoms with Crippen LogP contribution in [0.5, 0.6) is 11.5 Å². The van der Waals surface area contributed by atoms with Gasteiger partial charge in [0, 0.05) is 17.0 Å². The minimum absolute atomic E-state index is 0.0167. The Hall–Kier alpha value is -2.73. The van der Waals surface area contributed by atoms with E-state index >= 15 is 0 Å². The summed E-state index contributed by atoms with van der Waals surface area (Å²) in [6.45, 7) is 3.57. The van der Waals surface area contributed by atoms with Crippen molar-refractivity contribution in [3.05, 3.63) is 70.8 Å². The second-order valence-electron chi connectivity index (χ2n) is 5.65. The highest BCUT2D eigenvalue weighted by molar-refractivity contribution is 7.09. The Kier molecular flexibility index (Phi) is 6.33. The first-order chi connectivity index (χ1) is 12.7. The molecular formula is C20H21NO4S. The molecule has 0 fully saturated rings. The van der Waals surface area contributed by atoms with Gasteiger partial charge < -0.3 is 18.8 Å². The summed E-state index contributed by atoms with van der Waals surface area (Å²) in [6.07, 6.45) is 3.27. The number of hydrogen-bond donors (Lipinski definition) is 0. The second-order valence-corrected chi connectivity index (χ2v) is 6.69. The third kappa shape index (κ3) is 5.13. The Bertz CT molecular complexity index is 746. The van der Waals surface area contributed by atoms with E-state index in [1.165, 1.54) is 0 Å². The summed E-state index contributed by atoms with van der Waals surface area (Å²) in [6, 6.07) is 13.1. The molecule has 3 rings (SSSR count). The molecule has 0 aliphatic rings. The number of furan rings is 1. The normalized spacial score (nSPS) is 10.5. The van der Waals surface area contributed by atoms with E-state index in [9.17, 15) is 4.79 Å². The molecule has 0 saturated carbocycles. The zero-order valence-electron chi connectivity index (χ0n) is 14.6. The molecule has 0 spiro atoms. The van der Waals surface area contributed by atoms with E-state index in [0.29, 0.717) is 25.4 Å². The van der Waals surface area contributed by atoms with Gasteiger partial charge >= 0.3 is 0 Å². The summed E-state index contributed by atoms with van der Waals surface area (Å²) in [5.41, 5.74) is 0.955. The highest BCUT2D eigenvalue weighted by Gasteiger charge is 2.16. The summed E-state index contributed by atoms with van der Waals surface area (Å²) < 4.78 is 16.2. The second kappa shape index (κ2) is 9.10. The molecule has 0 N–H and O–H groups in total. The van der Waals surface area contributed by atoms with Crippen LogP contribution in [0.4, 0.5) is 0 Å². The summed E-state index contributed by atoms with van der Waals surface area (Å²) in [5, 5.41) is 2.01. The van der Waals surface area contributed by atoms with Crippen LogP contribution in [-0.2, 0) is 17.9 Å². The van der Waals surface area contributed by atoms with Gasteiger partial charge in [-0.15, -0.1) is 11.3 Å². The lowest BCUT2D eigenvalue weighted by molar-refractivity contribution is -0.134. The number of ether oxygens (including phenoxy) is 2. The summed E-state index contributed by atoms with van der Waals surface area (Å²) in [4.78, 5) is 15.6. The van der Waals surface area contributed by atoms with Crippen molar-refractivity contribution in [1.29, 1.82) is 0 Å². The van der Waals surface area contributed by atoms with Gasteiger partial charge in [0.15, 0.2) is 6.61 Å². The molecule has 6 heteroatoms. The fourth-order valence-electron chi connectivity index (χ4n) is 2.46. The van der Waals surface area contributed by atoms with Crippen molar-refractivity contribution in [2.24, 2.45) is 0 Å². The zero-order valence-corrected chi connectivity index (χ0v) is 15.4. The lowest BCUT2D eigenvalue weighted by Gasteiger charge is -2.21. The van der Waals surface area contributed by atoms with Crippen LogP contribution in [0.1, 0.15) is 17.4 Å². The SMILES string of the molecule is CCOc1ccc(OCC(=O)N(Cc2ccoc2)Cc2cccs2)cc1. The van der Waals surface area contributed by atoms with Gasteiger partial charge in [-0.05, 0) is 48.7 Å². The van der Waals surface area contributed by atoms with E-state index in [1.807, 2.05) is 42.6 Å². The van der Waals surface area contributed by atoms with Crippen molar-refractivity contribution >= 4 is 17.2 Å². The zero-order chi connectivity index (χ0) is 18.2. The average Bonchev–Trinajstić information content (AvgIpc) is 3.35. The van der Waals surface area contributed by atoms with Crippen LogP contribution >= 0.6 is 11.3 Å². The first-order valence-corrected chi connectivity index (χ1v) is 9.29. The Morgan fingerprint density at radius 1 is 1.08 bits per heavy atom. The van der Waals surface area contributed by atoms with E-state index in [1.54, 1.807) is 40.9 Å². The van der Waals surface area contributed by atoms with Crippen LogP contribution in [-0.4, -0.2) is 24.0 Å². The highest BCUT2D eigenvalue weighted by Crippen LogP contribution is 2.19. The van der Waals surface area contributed by atoms with Gasteiger partial charge in [0.25, 0.3) is 5.91 Å². The van der Waals surface area contributed by atoms with Crippen molar-refractivity contribution in [2.75, 3.05) is 13.2 Å². The molecule has 1 amide bonds. The van der Waals surface area contributed by atoms with Crippen molar-refractivity contribution in [1.82, 2.24) is 4.90 Å². The molecule has 3 aromatic rings. The molecular weight excluding hydrogens is 350 g/mol. The van der Waals surface area contributed by atoms with Gasteiger partial charge in [0.05, 0.1) is 25.7 Å². The molecule has 5 nitrogen and oxygen atoms in total. The quantitative estimate of drug-likeness (QED) is 0.561. The van der Waals surface area contributed by atoms with E-state index in [2.05, 4.69) is 0 Å². The van der Waals surface area contributed by atoms with Gasteiger partial charge in [-0.2, -0.15) is 0 Å². The molecule has 2 aromatic heterocycles.